The number of carbonyl (C=O) groups is 2. The van der Waals surface area contributed by atoms with E-state index in [1.807, 2.05) is 0 Å². The predicted molar refractivity (Wildman–Crippen MR) is 126 cm³/mol. The summed E-state index contributed by atoms with van der Waals surface area (Å²) in [6.07, 6.45) is 1.79. The second kappa shape index (κ2) is 10.3. The Labute approximate surface area is 198 Å². The zero-order valence-electron chi connectivity index (χ0n) is 17.4. The van der Waals surface area contributed by atoms with Crippen LogP contribution in [0.1, 0.15) is 12.2 Å². The molecule has 2 amide bonds. The minimum absolute atomic E-state index is 0.0128. The van der Waals surface area contributed by atoms with Gasteiger partial charge in [-0.15, -0.1) is 0 Å². The highest BCUT2D eigenvalue weighted by Gasteiger charge is 2.34. The lowest BCUT2D eigenvalue weighted by atomic mass is 10.1. The maximum Gasteiger partial charge on any atom is 0.285 e. The minimum atomic E-state index is -0.471. The molecule has 0 unspecified atom stereocenters. The Morgan fingerprint density at radius 1 is 1.21 bits per heavy atom. The molecule has 0 saturated carbocycles. The summed E-state index contributed by atoms with van der Waals surface area (Å²) < 4.78 is 11.3. The van der Waals surface area contributed by atoms with Crippen LogP contribution in [0.3, 0.4) is 0 Å². The lowest BCUT2D eigenvalue weighted by Gasteiger charge is -2.26. The van der Waals surface area contributed by atoms with E-state index in [0.717, 1.165) is 29.9 Å². The fraction of sp³-hybridized carbons (Fsp3) is 0.286. The van der Waals surface area contributed by atoms with E-state index < -0.39 is 10.8 Å². The number of thioether (sulfide) groups is 1. The van der Waals surface area contributed by atoms with Crippen LogP contribution in [0.2, 0.25) is 0 Å². The molecule has 2 aromatic rings. The summed E-state index contributed by atoms with van der Waals surface area (Å²) in [6.45, 7) is 3.45. The number of nitro groups is 1. The van der Waals surface area contributed by atoms with Crippen LogP contribution in [-0.2, 0) is 14.3 Å². The van der Waals surface area contributed by atoms with E-state index in [4.69, 9.17) is 21.4 Å². The normalized spacial score (nSPS) is 18.2. The van der Waals surface area contributed by atoms with Crippen molar-refractivity contribution in [3.63, 3.8) is 0 Å². The van der Waals surface area contributed by atoms with E-state index in [-0.39, 0.29) is 22.3 Å². The number of hydrogen-bond acceptors (Lipinski definition) is 9. The molecule has 172 valence electrons. The molecule has 0 spiro atoms. The highest BCUT2D eigenvalue weighted by atomic mass is 32.2. The number of amides is 2. The van der Waals surface area contributed by atoms with Gasteiger partial charge in [-0.2, -0.15) is 5.01 Å². The number of hydrazine groups is 1. The number of benzene rings is 1. The Hall–Kier alpha value is -3.06. The fourth-order valence-electron chi connectivity index (χ4n) is 3.29. The third kappa shape index (κ3) is 5.66. The number of nitrogens with zero attached hydrogens (tertiary/aromatic N) is 3. The van der Waals surface area contributed by atoms with Crippen molar-refractivity contribution in [2.75, 3.05) is 32.8 Å². The number of hydrogen-bond donors (Lipinski definition) is 1. The maximum absolute atomic E-state index is 12.7. The lowest BCUT2D eigenvalue weighted by molar-refractivity contribution is -0.384. The van der Waals surface area contributed by atoms with Crippen molar-refractivity contribution in [1.29, 1.82) is 0 Å². The van der Waals surface area contributed by atoms with Gasteiger partial charge >= 0.3 is 0 Å². The van der Waals surface area contributed by atoms with Gasteiger partial charge in [0, 0.05) is 49.8 Å². The molecule has 3 heterocycles. The molecule has 2 fully saturated rings. The number of morpholine rings is 1. The number of furan rings is 1. The van der Waals surface area contributed by atoms with Gasteiger partial charge in [0.2, 0.25) is 5.91 Å². The zero-order valence-corrected chi connectivity index (χ0v) is 19.0. The molecule has 2 aliphatic heterocycles. The Bertz CT molecular complexity index is 1110. The summed E-state index contributed by atoms with van der Waals surface area (Å²) in [5.74, 6) is 0.195. The van der Waals surface area contributed by atoms with Crippen molar-refractivity contribution in [3.8, 4) is 11.3 Å². The van der Waals surface area contributed by atoms with Gasteiger partial charge in [0.1, 0.15) is 11.5 Å². The first-order valence-electron chi connectivity index (χ1n) is 10.1. The van der Waals surface area contributed by atoms with Crippen LogP contribution in [0.5, 0.6) is 0 Å². The zero-order chi connectivity index (χ0) is 23.4. The number of non-ortho nitro benzene ring substituents is 1. The maximum atomic E-state index is 12.7. The monoisotopic (exact) mass is 488 g/mol. The molecule has 10 nitrogen and oxygen atoms in total. The number of nitrogens with one attached hydrogen (secondary N) is 1. The third-order valence-corrected chi connectivity index (χ3v) is 6.35. The van der Waals surface area contributed by atoms with E-state index in [2.05, 4.69) is 10.3 Å². The summed E-state index contributed by atoms with van der Waals surface area (Å²) in [7, 11) is 0. The van der Waals surface area contributed by atoms with E-state index >= 15 is 0 Å². The van der Waals surface area contributed by atoms with Gasteiger partial charge < -0.3 is 9.15 Å². The van der Waals surface area contributed by atoms with E-state index in [9.17, 15) is 19.7 Å². The Kier molecular flexibility index (Phi) is 7.18. The first-order valence-corrected chi connectivity index (χ1v) is 11.4. The Morgan fingerprint density at radius 2 is 1.94 bits per heavy atom. The van der Waals surface area contributed by atoms with Crippen LogP contribution in [-0.4, -0.2) is 63.8 Å². The van der Waals surface area contributed by atoms with Crippen molar-refractivity contribution >= 4 is 51.9 Å². The molecule has 0 atom stereocenters. The van der Waals surface area contributed by atoms with E-state index in [0.29, 0.717) is 41.7 Å². The molecule has 2 saturated heterocycles. The van der Waals surface area contributed by atoms with Gasteiger partial charge in [0.05, 0.1) is 23.0 Å². The van der Waals surface area contributed by atoms with Crippen LogP contribution in [0, 0.1) is 10.1 Å². The number of carbonyl (C=O) groups excluding carboxylic acids is 2. The number of nitro benzene ring substituents is 1. The summed E-state index contributed by atoms with van der Waals surface area (Å²) in [6, 6.07) is 9.36. The molecule has 0 bridgehead atoms. The SMILES string of the molecule is O=C(CCN1CCOCC1)NN1C(=O)C(=Cc2ccc(-c3ccc([N+](=O)[O-])cc3)o2)SC1=S. The van der Waals surface area contributed by atoms with Crippen LogP contribution in [0.4, 0.5) is 5.69 Å². The topological polar surface area (TPSA) is 118 Å². The quantitative estimate of drug-likeness (QED) is 0.272. The second-order valence-corrected chi connectivity index (χ2v) is 8.94. The van der Waals surface area contributed by atoms with Crippen molar-refractivity contribution < 1.29 is 23.7 Å². The molecule has 2 aliphatic rings. The predicted octanol–water partition coefficient (Wildman–Crippen LogP) is 2.81. The molecule has 4 rings (SSSR count). The van der Waals surface area contributed by atoms with Crippen LogP contribution >= 0.6 is 24.0 Å². The summed E-state index contributed by atoms with van der Waals surface area (Å²) in [4.78, 5) is 37.8. The fourth-order valence-corrected chi connectivity index (χ4v) is 4.45. The average Bonchev–Trinajstić information content (AvgIpc) is 3.39. The van der Waals surface area contributed by atoms with Crippen molar-refractivity contribution in [3.05, 3.63) is 57.2 Å². The highest BCUT2D eigenvalue weighted by Crippen LogP contribution is 2.33. The Balaban J connectivity index is 1.37. The Morgan fingerprint density at radius 3 is 2.64 bits per heavy atom. The number of thiocarbonyl (C=S) groups is 1. The van der Waals surface area contributed by atoms with Gasteiger partial charge in [-0.1, -0.05) is 11.8 Å². The molecule has 33 heavy (non-hydrogen) atoms. The molecule has 12 heteroatoms. The molecular weight excluding hydrogens is 468 g/mol. The molecule has 1 aromatic heterocycles. The average molecular weight is 489 g/mol. The minimum Gasteiger partial charge on any atom is -0.457 e. The highest BCUT2D eigenvalue weighted by molar-refractivity contribution is 8.26. The van der Waals surface area contributed by atoms with Crippen LogP contribution < -0.4 is 5.43 Å². The molecule has 0 aliphatic carbocycles. The van der Waals surface area contributed by atoms with E-state index in [1.54, 1.807) is 30.3 Å². The van der Waals surface area contributed by atoms with Gasteiger partial charge in [0.15, 0.2) is 4.32 Å². The first-order chi connectivity index (χ1) is 15.9. The summed E-state index contributed by atoms with van der Waals surface area (Å²) >= 11 is 6.32. The van der Waals surface area contributed by atoms with Crippen molar-refractivity contribution in [1.82, 2.24) is 15.3 Å². The molecule has 1 N–H and O–H groups in total. The first kappa shape index (κ1) is 23.1. The lowest BCUT2D eigenvalue weighted by Crippen LogP contribution is -2.46. The largest absolute Gasteiger partial charge is 0.457 e. The van der Waals surface area contributed by atoms with Gasteiger partial charge in [-0.25, -0.2) is 0 Å². The van der Waals surface area contributed by atoms with Crippen LogP contribution in [0.15, 0.2) is 45.7 Å². The van der Waals surface area contributed by atoms with E-state index in [1.165, 1.54) is 12.1 Å². The smallest absolute Gasteiger partial charge is 0.285 e. The van der Waals surface area contributed by atoms with Gasteiger partial charge in [-0.05, 0) is 36.5 Å². The number of ether oxygens (including phenoxy) is 1. The van der Waals surface area contributed by atoms with Crippen molar-refractivity contribution in [2.45, 2.75) is 6.42 Å². The van der Waals surface area contributed by atoms with Gasteiger partial charge in [-0.3, -0.25) is 30.0 Å². The van der Waals surface area contributed by atoms with Crippen LogP contribution in [0.25, 0.3) is 17.4 Å². The van der Waals surface area contributed by atoms with Gasteiger partial charge in [0.25, 0.3) is 11.6 Å². The third-order valence-electron chi connectivity index (χ3n) is 5.05. The molecule has 0 radical (unpaired) electrons. The number of rotatable bonds is 7. The van der Waals surface area contributed by atoms with Crippen molar-refractivity contribution in [2.24, 2.45) is 0 Å². The summed E-state index contributed by atoms with van der Waals surface area (Å²) in [5.41, 5.74) is 3.23. The summed E-state index contributed by atoms with van der Waals surface area (Å²) in [5, 5.41) is 11.9. The molecule has 1 aromatic carbocycles. The standard InChI is InChI=1S/C21H20N4O6S2/c26-19(7-8-23-9-11-30-12-10-23)22-24-20(27)18(33-21(24)32)13-16-5-6-17(31-16)14-1-3-15(4-2-14)25(28)29/h1-6,13H,7-12H2,(H,22,26). The second-order valence-electron chi connectivity index (χ2n) is 7.26. The molecular formula is C21H20N4O6S2.